The van der Waals surface area contributed by atoms with Gasteiger partial charge in [0.2, 0.25) is 0 Å². The Morgan fingerprint density at radius 1 is 1.22 bits per heavy atom. The first kappa shape index (κ1) is 14.8. The number of aromatic amines is 1. The number of halogens is 1. The number of carbonyl (C=O) groups is 1. The third kappa shape index (κ3) is 2.78. The fraction of sp³-hybridized carbons (Fsp3) is 0.0588. The van der Waals surface area contributed by atoms with E-state index in [1.807, 2.05) is 0 Å². The van der Waals surface area contributed by atoms with Crippen molar-refractivity contribution in [3.05, 3.63) is 59.9 Å². The van der Waals surface area contributed by atoms with Gasteiger partial charge in [0, 0.05) is 11.1 Å². The van der Waals surface area contributed by atoms with Gasteiger partial charge in [-0.2, -0.15) is 5.10 Å². The number of carboxylic acids is 1. The number of hydrogen-bond acceptors (Lipinski definition) is 3. The second-order valence-electron chi connectivity index (χ2n) is 4.86. The molecule has 1 heterocycles. The zero-order chi connectivity index (χ0) is 16.4. The van der Waals surface area contributed by atoms with Crippen molar-refractivity contribution in [3.8, 4) is 28.3 Å². The standard InChI is InChI=1S/C17H13FN2O3/c1-23-15-4-2-3-12(16(15)17(21)22)14-9-13(19-20-14)10-5-7-11(18)8-6-10/h2-9H,1H3,(H,19,20)(H,21,22). The molecule has 0 atom stereocenters. The molecule has 0 aliphatic heterocycles. The third-order valence-corrected chi connectivity index (χ3v) is 3.47. The maximum absolute atomic E-state index is 13.0. The molecule has 0 aliphatic rings. The topological polar surface area (TPSA) is 75.2 Å². The zero-order valence-electron chi connectivity index (χ0n) is 12.2. The summed E-state index contributed by atoms with van der Waals surface area (Å²) in [5.41, 5.74) is 2.40. The molecule has 0 radical (unpaired) electrons. The monoisotopic (exact) mass is 312 g/mol. The Labute approximate surface area is 131 Å². The molecule has 0 spiro atoms. The summed E-state index contributed by atoms with van der Waals surface area (Å²) in [5, 5.41) is 16.4. The molecule has 5 nitrogen and oxygen atoms in total. The van der Waals surface area contributed by atoms with Crippen molar-refractivity contribution in [2.24, 2.45) is 0 Å². The number of H-pyrrole nitrogens is 1. The van der Waals surface area contributed by atoms with E-state index >= 15 is 0 Å². The molecule has 0 saturated heterocycles. The van der Waals surface area contributed by atoms with E-state index in [1.54, 1.807) is 36.4 Å². The number of methoxy groups -OCH3 is 1. The molecule has 3 aromatic rings. The molecular weight excluding hydrogens is 299 g/mol. The Kier molecular flexibility index (Phi) is 3.80. The van der Waals surface area contributed by atoms with Crippen LogP contribution >= 0.6 is 0 Å². The summed E-state index contributed by atoms with van der Waals surface area (Å²) in [7, 11) is 1.42. The predicted octanol–water partition coefficient (Wildman–Crippen LogP) is 3.59. The Morgan fingerprint density at radius 2 is 1.96 bits per heavy atom. The molecule has 23 heavy (non-hydrogen) atoms. The highest BCUT2D eigenvalue weighted by molar-refractivity contribution is 5.98. The van der Waals surface area contributed by atoms with Gasteiger partial charge >= 0.3 is 5.97 Å². The molecule has 2 N–H and O–H groups in total. The number of ether oxygens (including phenoxy) is 1. The van der Waals surface area contributed by atoms with Gasteiger partial charge in [0.25, 0.3) is 0 Å². The van der Waals surface area contributed by atoms with E-state index in [2.05, 4.69) is 10.2 Å². The lowest BCUT2D eigenvalue weighted by Gasteiger charge is -2.08. The highest BCUT2D eigenvalue weighted by atomic mass is 19.1. The molecule has 0 fully saturated rings. The minimum atomic E-state index is -1.09. The first-order valence-electron chi connectivity index (χ1n) is 6.82. The van der Waals surface area contributed by atoms with E-state index in [0.29, 0.717) is 17.0 Å². The number of aromatic nitrogens is 2. The summed E-state index contributed by atoms with van der Waals surface area (Å²) in [6.07, 6.45) is 0. The van der Waals surface area contributed by atoms with E-state index in [0.717, 1.165) is 5.56 Å². The van der Waals surface area contributed by atoms with Crippen LogP contribution in [-0.2, 0) is 0 Å². The molecule has 0 aliphatic carbocycles. The number of carboxylic acid groups (broad SMARTS) is 1. The van der Waals surface area contributed by atoms with Crippen molar-refractivity contribution < 1.29 is 19.0 Å². The Bertz CT molecular complexity index is 857. The first-order chi connectivity index (χ1) is 11.1. The number of aromatic carboxylic acids is 1. The SMILES string of the molecule is COc1cccc(-c2cc(-c3ccc(F)cc3)n[nH]2)c1C(=O)O. The summed E-state index contributed by atoms with van der Waals surface area (Å²) >= 11 is 0. The second kappa shape index (κ2) is 5.92. The van der Waals surface area contributed by atoms with Gasteiger partial charge in [0.1, 0.15) is 17.1 Å². The maximum Gasteiger partial charge on any atom is 0.340 e. The molecule has 6 heteroatoms. The third-order valence-electron chi connectivity index (χ3n) is 3.47. The highest BCUT2D eigenvalue weighted by Crippen LogP contribution is 2.31. The highest BCUT2D eigenvalue weighted by Gasteiger charge is 2.19. The van der Waals surface area contributed by atoms with Crippen molar-refractivity contribution >= 4 is 5.97 Å². The van der Waals surface area contributed by atoms with Crippen LogP contribution in [0.25, 0.3) is 22.5 Å². The zero-order valence-corrected chi connectivity index (χ0v) is 12.2. The number of rotatable bonds is 4. The molecule has 116 valence electrons. The van der Waals surface area contributed by atoms with Crippen LogP contribution in [0, 0.1) is 5.82 Å². The summed E-state index contributed by atoms with van der Waals surface area (Å²) < 4.78 is 18.1. The average Bonchev–Trinajstić information content (AvgIpc) is 3.04. The van der Waals surface area contributed by atoms with Crippen molar-refractivity contribution in [1.82, 2.24) is 10.2 Å². The molecule has 2 aromatic carbocycles. The van der Waals surface area contributed by atoms with Gasteiger partial charge in [-0.15, -0.1) is 0 Å². The van der Waals surface area contributed by atoms with E-state index in [4.69, 9.17) is 4.74 Å². The Morgan fingerprint density at radius 3 is 2.61 bits per heavy atom. The fourth-order valence-electron chi connectivity index (χ4n) is 2.37. The summed E-state index contributed by atoms with van der Waals surface area (Å²) in [6, 6.07) is 12.6. The minimum absolute atomic E-state index is 0.0595. The Hall–Kier alpha value is -3.15. The van der Waals surface area contributed by atoms with Crippen LogP contribution in [0.3, 0.4) is 0 Å². The molecular formula is C17H13FN2O3. The van der Waals surface area contributed by atoms with E-state index < -0.39 is 5.97 Å². The number of hydrogen-bond donors (Lipinski definition) is 2. The van der Waals surface area contributed by atoms with Crippen LogP contribution in [0.4, 0.5) is 4.39 Å². The Balaban J connectivity index is 2.07. The minimum Gasteiger partial charge on any atom is -0.496 e. The van der Waals surface area contributed by atoms with E-state index in [1.165, 1.54) is 19.2 Å². The van der Waals surface area contributed by atoms with Gasteiger partial charge < -0.3 is 9.84 Å². The van der Waals surface area contributed by atoms with E-state index in [-0.39, 0.29) is 17.1 Å². The molecule has 3 rings (SSSR count). The normalized spacial score (nSPS) is 10.5. The summed E-state index contributed by atoms with van der Waals surface area (Å²) in [4.78, 5) is 11.5. The van der Waals surface area contributed by atoms with Gasteiger partial charge in [0.05, 0.1) is 18.5 Å². The smallest absolute Gasteiger partial charge is 0.340 e. The molecule has 0 bridgehead atoms. The van der Waals surface area contributed by atoms with Crippen molar-refractivity contribution in [1.29, 1.82) is 0 Å². The fourth-order valence-corrected chi connectivity index (χ4v) is 2.37. The summed E-state index contributed by atoms with van der Waals surface area (Å²) in [5.74, 6) is -1.14. The van der Waals surface area contributed by atoms with Crippen LogP contribution in [0.1, 0.15) is 10.4 Å². The van der Waals surface area contributed by atoms with E-state index in [9.17, 15) is 14.3 Å². The molecule has 0 saturated carbocycles. The summed E-state index contributed by atoms with van der Waals surface area (Å²) in [6.45, 7) is 0. The first-order valence-corrected chi connectivity index (χ1v) is 6.82. The maximum atomic E-state index is 13.0. The molecule has 0 amide bonds. The van der Waals surface area contributed by atoms with Crippen molar-refractivity contribution in [2.75, 3.05) is 7.11 Å². The van der Waals surface area contributed by atoms with Crippen LogP contribution in [0.15, 0.2) is 48.5 Å². The quantitative estimate of drug-likeness (QED) is 0.772. The van der Waals surface area contributed by atoms with Gasteiger partial charge in [0.15, 0.2) is 0 Å². The number of nitrogens with zero attached hydrogens (tertiary/aromatic N) is 1. The lowest BCUT2D eigenvalue weighted by molar-refractivity contribution is 0.0694. The van der Waals surface area contributed by atoms with Gasteiger partial charge in [-0.1, -0.05) is 12.1 Å². The lowest BCUT2D eigenvalue weighted by Crippen LogP contribution is -2.03. The average molecular weight is 312 g/mol. The van der Waals surface area contributed by atoms with Crippen LogP contribution in [0.2, 0.25) is 0 Å². The van der Waals surface area contributed by atoms with Gasteiger partial charge in [-0.25, -0.2) is 9.18 Å². The molecule has 1 aromatic heterocycles. The van der Waals surface area contributed by atoms with Crippen LogP contribution in [0.5, 0.6) is 5.75 Å². The predicted molar refractivity (Wildman–Crippen MR) is 82.9 cm³/mol. The largest absolute Gasteiger partial charge is 0.496 e. The van der Waals surface area contributed by atoms with Crippen LogP contribution < -0.4 is 4.74 Å². The van der Waals surface area contributed by atoms with Crippen molar-refractivity contribution in [2.45, 2.75) is 0 Å². The molecule has 0 unspecified atom stereocenters. The second-order valence-corrected chi connectivity index (χ2v) is 4.86. The van der Waals surface area contributed by atoms with Gasteiger partial charge in [-0.3, -0.25) is 5.10 Å². The van der Waals surface area contributed by atoms with Gasteiger partial charge in [-0.05, 0) is 36.4 Å². The van der Waals surface area contributed by atoms with Crippen LogP contribution in [-0.4, -0.2) is 28.4 Å². The number of benzene rings is 2. The number of nitrogens with one attached hydrogen (secondary N) is 1. The van der Waals surface area contributed by atoms with Crippen molar-refractivity contribution in [3.63, 3.8) is 0 Å². The lowest BCUT2D eigenvalue weighted by atomic mass is 10.0.